The van der Waals surface area contributed by atoms with Gasteiger partial charge in [0.25, 0.3) is 0 Å². The molecule has 0 aliphatic heterocycles. The smallest absolute Gasteiger partial charge is 0.0662 e. The van der Waals surface area contributed by atoms with E-state index in [1.807, 2.05) is 11.8 Å². The summed E-state index contributed by atoms with van der Waals surface area (Å²) in [6.07, 6.45) is 0. The van der Waals surface area contributed by atoms with Gasteiger partial charge in [0.15, 0.2) is 0 Å². The van der Waals surface area contributed by atoms with Gasteiger partial charge >= 0.3 is 0 Å². The molecule has 0 atom stereocenters. The standard InChI is InChI=1S/C4H10S.C2H6O2.3CH4/c1-3-5-4-2;3-1-2-4;;;/h3-4H2,1-2H3;3-4H,1-2H2;3*1H4. The molecule has 0 spiro atoms. The number of hydrogen-bond acceptors (Lipinski definition) is 3. The molecule has 0 aliphatic rings. The summed E-state index contributed by atoms with van der Waals surface area (Å²) in [6.45, 7) is 4.10. The highest BCUT2D eigenvalue weighted by atomic mass is 32.2. The maximum Gasteiger partial charge on any atom is 0.0662 e. The molecule has 0 aromatic rings. The van der Waals surface area contributed by atoms with Gasteiger partial charge in [-0.25, -0.2) is 0 Å². The molecule has 0 saturated heterocycles. The minimum atomic E-state index is -0.125. The normalized spacial score (nSPS) is 6.00. The lowest BCUT2D eigenvalue weighted by Crippen LogP contribution is -1.85. The summed E-state index contributed by atoms with van der Waals surface area (Å²) in [5.74, 6) is 2.52. The van der Waals surface area contributed by atoms with Crippen molar-refractivity contribution >= 4 is 11.8 Å². The van der Waals surface area contributed by atoms with Crippen LogP contribution >= 0.6 is 11.8 Å². The van der Waals surface area contributed by atoms with Gasteiger partial charge in [-0.2, -0.15) is 11.8 Å². The van der Waals surface area contributed by atoms with E-state index in [4.69, 9.17) is 10.2 Å². The maximum absolute atomic E-state index is 7.62. The molecule has 0 saturated carbocycles. The fourth-order valence-electron chi connectivity index (χ4n) is 0.204. The molecule has 0 fully saturated rings. The van der Waals surface area contributed by atoms with Crippen molar-refractivity contribution in [1.29, 1.82) is 0 Å². The van der Waals surface area contributed by atoms with Gasteiger partial charge in [-0.05, 0) is 11.5 Å². The molecule has 82 valence electrons. The lowest BCUT2D eigenvalue weighted by molar-refractivity contribution is 0.186. The van der Waals surface area contributed by atoms with E-state index < -0.39 is 0 Å². The van der Waals surface area contributed by atoms with Gasteiger partial charge in [-0.1, -0.05) is 36.1 Å². The lowest BCUT2D eigenvalue weighted by atomic mass is 10.8. The Bertz CT molecular complexity index is 31.7. The second kappa shape index (κ2) is 42.8. The Kier molecular flexibility index (Phi) is 105. The zero-order valence-corrected chi connectivity index (χ0v) is 6.95. The molecule has 0 radical (unpaired) electrons. The third-order valence-corrected chi connectivity index (χ3v) is 1.32. The van der Waals surface area contributed by atoms with Crippen LogP contribution in [0.5, 0.6) is 0 Å². The van der Waals surface area contributed by atoms with E-state index in [9.17, 15) is 0 Å². The van der Waals surface area contributed by atoms with Crippen LogP contribution in [-0.2, 0) is 0 Å². The molecule has 0 bridgehead atoms. The van der Waals surface area contributed by atoms with E-state index in [1.165, 1.54) is 11.5 Å². The predicted molar refractivity (Wildman–Crippen MR) is 63.0 cm³/mol. The van der Waals surface area contributed by atoms with E-state index in [1.54, 1.807) is 0 Å². The molecule has 0 unspecified atom stereocenters. The summed E-state index contributed by atoms with van der Waals surface area (Å²) in [4.78, 5) is 0. The Balaban J connectivity index is -0.0000000221. The highest BCUT2D eigenvalue weighted by Crippen LogP contribution is 1.93. The van der Waals surface area contributed by atoms with Crippen LogP contribution in [0.15, 0.2) is 0 Å². The third kappa shape index (κ3) is 82.5. The van der Waals surface area contributed by atoms with Gasteiger partial charge in [0.1, 0.15) is 0 Å². The lowest BCUT2D eigenvalue weighted by Gasteiger charge is -1.80. The van der Waals surface area contributed by atoms with Gasteiger partial charge in [0, 0.05) is 0 Å². The molecule has 2 N–H and O–H groups in total. The van der Waals surface area contributed by atoms with Crippen LogP contribution < -0.4 is 0 Å². The number of thioether (sulfide) groups is 1. The van der Waals surface area contributed by atoms with Crippen molar-refractivity contribution in [3.63, 3.8) is 0 Å². The molecular formula is C9H28O2S. The largest absolute Gasteiger partial charge is 0.394 e. The minimum Gasteiger partial charge on any atom is -0.394 e. The molecule has 2 nitrogen and oxygen atoms in total. The van der Waals surface area contributed by atoms with E-state index in [-0.39, 0.29) is 35.5 Å². The Morgan fingerprint density at radius 3 is 1.08 bits per heavy atom. The number of rotatable bonds is 3. The van der Waals surface area contributed by atoms with Crippen LogP contribution in [0.1, 0.15) is 36.1 Å². The van der Waals surface area contributed by atoms with Crippen LogP contribution in [0.2, 0.25) is 0 Å². The van der Waals surface area contributed by atoms with Crippen LogP contribution in [-0.4, -0.2) is 34.9 Å². The average Bonchev–Trinajstić information content (AvgIpc) is 1.91. The monoisotopic (exact) mass is 200 g/mol. The topological polar surface area (TPSA) is 40.5 Å². The first-order valence-electron chi connectivity index (χ1n) is 3.12. The minimum absolute atomic E-state index is 0. The Hall–Kier alpha value is 0.270. The van der Waals surface area contributed by atoms with Crippen molar-refractivity contribution in [2.75, 3.05) is 24.7 Å². The third-order valence-electron chi connectivity index (χ3n) is 0.508. The zero-order chi connectivity index (χ0) is 7.54. The van der Waals surface area contributed by atoms with Crippen LogP contribution in [0.3, 0.4) is 0 Å². The highest BCUT2D eigenvalue weighted by molar-refractivity contribution is 7.99. The summed E-state index contributed by atoms with van der Waals surface area (Å²) in [5.41, 5.74) is 0. The van der Waals surface area contributed by atoms with E-state index in [0.29, 0.717) is 0 Å². The number of aliphatic hydroxyl groups is 2. The van der Waals surface area contributed by atoms with Crippen molar-refractivity contribution in [2.24, 2.45) is 0 Å². The second-order valence-electron chi connectivity index (χ2n) is 1.23. The molecule has 0 aliphatic carbocycles. The predicted octanol–water partition coefficient (Wildman–Crippen LogP) is 2.64. The molecule has 0 heterocycles. The van der Waals surface area contributed by atoms with Crippen LogP contribution in [0.25, 0.3) is 0 Å². The van der Waals surface area contributed by atoms with Crippen LogP contribution in [0, 0.1) is 0 Å². The van der Waals surface area contributed by atoms with Crippen molar-refractivity contribution in [3.05, 3.63) is 0 Å². The Morgan fingerprint density at radius 2 is 1.08 bits per heavy atom. The number of aliphatic hydroxyl groups excluding tert-OH is 2. The van der Waals surface area contributed by atoms with Gasteiger partial charge in [-0.15, -0.1) is 0 Å². The first kappa shape index (κ1) is 29.5. The first-order valence-corrected chi connectivity index (χ1v) is 4.28. The quantitative estimate of drug-likeness (QED) is 0.736. The molecule has 0 aromatic heterocycles. The maximum atomic E-state index is 7.62. The van der Waals surface area contributed by atoms with Crippen molar-refractivity contribution in [3.8, 4) is 0 Å². The van der Waals surface area contributed by atoms with Crippen molar-refractivity contribution in [2.45, 2.75) is 36.1 Å². The summed E-state index contributed by atoms with van der Waals surface area (Å²) in [5, 5.41) is 15.2. The van der Waals surface area contributed by atoms with Gasteiger partial charge < -0.3 is 10.2 Å². The molecule has 0 rings (SSSR count). The van der Waals surface area contributed by atoms with Gasteiger partial charge in [-0.3, -0.25) is 0 Å². The summed E-state index contributed by atoms with van der Waals surface area (Å²) >= 11 is 1.96. The van der Waals surface area contributed by atoms with Crippen molar-refractivity contribution < 1.29 is 10.2 Å². The van der Waals surface area contributed by atoms with Crippen LogP contribution in [0.4, 0.5) is 0 Å². The average molecular weight is 200 g/mol. The molecular weight excluding hydrogens is 172 g/mol. The summed E-state index contributed by atoms with van der Waals surface area (Å²) in [6, 6.07) is 0. The molecule has 0 aromatic carbocycles. The van der Waals surface area contributed by atoms with Gasteiger partial charge in [0.05, 0.1) is 13.2 Å². The van der Waals surface area contributed by atoms with E-state index >= 15 is 0 Å². The van der Waals surface area contributed by atoms with Crippen molar-refractivity contribution in [1.82, 2.24) is 0 Å². The zero-order valence-electron chi connectivity index (χ0n) is 6.13. The fraction of sp³-hybridized carbons (Fsp3) is 1.00. The molecule has 12 heavy (non-hydrogen) atoms. The molecule has 3 heteroatoms. The Morgan fingerprint density at radius 1 is 0.833 bits per heavy atom. The summed E-state index contributed by atoms with van der Waals surface area (Å²) in [7, 11) is 0. The fourth-order valence-corrected chi connectivity index (χ4v) is 0.612. The second-order valence-corrected chi connectivity index (χ2v) is 2.79. The van der Waals surface area contributed by atoms with Gasteiger partial charge in [0.2, 0.25) is 0 Å². The van der Waals surface area contributed by atoms with E-state index in [0.717, 1.165) is 0 Å². The molecule has 0 amide bonds. The highest BCUT2D eigenvalue weighted by Gasteiger charge is 1.67. The number of hydrogen-bond donors (Lipinski definition) is 2. The SMILES string of the molecule is C.C.C.CCSCC.OCCO. The Labute approximate surface area is 83.4 Å². The summed E-state index contributed by atoms with van der Waals surface area (Å²) < 4.78 is 0. The van der Waals surface area contributed by atoms with E-state index in [2.05, 4.69) is 13.8 Å². The first-order chi connectivity index (χ1) is 4.33.